The second kappa shape index (κ2) is 5.60. The van der Waals surface area contributed by atoms with Gasteiger partial charge in [-0.3, -0.25) is 4.79 Å². The van der Waals surface area contributed by atoms with E-state index < -0.39 is 0 Å². The molecule has 3 aliphatic rings. The van der Waals surface area contributed by atoms with Crippen molar-refractivity contribution in [3.63, 3.8) is 0 Å². The number of fused-ring (bicyclic) bond motifs is 1. The van der Waals surface area contributed by atoms with Crippen LogP contribution in [0.15, 0.2) is 0 Å². The van der Waals surface area contributed by atoms with Crippen LogP contribution in [-0.2, 0) is 4.79 Å². The van der Waals surface area contributed by atoms with Crippen LogP contribution >= 0.6 is 0 Å². The molecule has 102 valence electrons. The zero-order valence-electron chi connectivity index (χ0n) is 11.4. The second-order valence-corrected chi connectivity index (χ2v) is 6.42. The Morgan fingerprint density at radius 2 is 1.50 bits per heavy atom. The molecule has 3 nitrogen and oxygen atoms in total. The number of likely N-dealkylation sites (tertiary alicyclic amines) is 1. The summed E-state index contributed by atoms with van der Waals surface area (Å²) in [6, 6.07) is 0. The van der Waals surface area contributed by atoms with Gasteiger partial charge in [-0.1, -0.05) is 19.3 Å². The Morgan fingerprint density at radius 1 is 0.889 bits per heavy atom. The molecule has 3 heteroatoms. The fraction of sp³-hybridized carbons (Fsp3) is 0.933. The third-order valence-electron chi connectivity index (χ3n) is 5.29. The highest BCUT2D eigenvalue weighted by molar-refractivity contribution is 5.78. The Kier molecular flexibility index (Phi) is 3.88. The first-order valence-electron chi connectivity index (χ1n) is 7.84. The van der Waals surface area contributed by atoms with Crippen molar-refractivity contribution in [2.45, 2.75) is 44.9 Å². The molecule has 1 amide bonds. The maximum atomic E-state index is 12.5. The number of nitrogens with one attached hydrogen (secondary N) is 1. The van der Waals surface area contributed by atoms with Crippen molar-refractivity contribution in [2.24, 2.45) is 17.8 Å². The first kappa shape index (κ1) is 12.5. The highest BCUT2D eigenvalue weighted by atomic mass is 16.2. The first-order chi connectivity index (χ1) is 8.84. The lowest BCUT2D eigenvalue weighted by atomic mass is 9.88. The van der Waals surface area contributed by atoms with Crippen LogP contribution in [0.5, 0.6) is 0 Å². The predicted molar refractivity (Wildman–Crippen MR) is 72.2 cm³/mol. The van der Waals surface area contributed by atoms with Crippen LogP contribution in [0.25, 0.3) is 0 Å². The molecule has 0 aromatic heterocycles. The number of carbonyl (C=O) groups is 1. The molecule has 0 aromatic carbocycles. The molecule has 2 saturated heterocycles. The van der Waals surface area contributed by atoms with E-state index >= 15 is 0 Å². The molecule has 3 fully saturated rings. The van der Waals surface area contributed by atoms with E-state index in [4.69, 9.17) is 0 Å². The SMILES string of the molecule is O=C(C1CCCCC1)N1CC[C@@H]2CNC[C@@H]2CC1. The minimum atomic E-state index is 0.356. The van der Waals surface area contributed by atoms with Crippen molar-refractivity contribution in [1.29, 1.82) is 0 Å². The van der Waals surface area contributed by atoms with Crippen molar-refractivity contribution in [2.75, 3.05) is 26.2 Å². The summed E-state index contributed by atoms with van der Waals surface area (Å²) in [5.41, 5.74) is 0. The van der Waals surface area contributed by atoms with E-state index in [0.29, 0.717) is 11.8 Å². The van der Waals surface area contributed by atoms with Gasteiger partial charge in [-0.25, -0.2) is 0 Å². The highest BCUT2D eigenvalue weighted by Crippen LogP contribution is 2.30. The number of rotatable bonds is 1. The van der Waals surface area contributed by atoms with Gasteiger partial charge in [-0.2, -0.15) is 0 Å². The Bertz CT molecular complexity index is 285. The Balaban J connectivity index is 1.57. The maximum Gasteiger partial charge on any atom is 0.225 e. The molecule has 0 unspecified atom stereocenters. The van der Waals surface area contributed by atoms with Crippen molar-refractivity contribution in [1.82, 2.24) is 10.2 Å². The lowest BCUT2D eigenvalue weighted by molar-refractivity contribution is -0.136. The van der Waals surface area contributed by atoms with Crippen molar-refractivity contribution in [3.8, 4) is 0 Å². The smallest absolute Gasteiger partial charge is 0.225 e. The molecule has 3 rings (SSSR count). The molecule has 0 radical (unpaired) electrons. The van der Waals surface area contributed by atoms with Crippen LogP contribution in [0.3, 0.4) is 0 Å². The number of amides is 1. The summed E-state index contributed by atoms with van der Waals surface area (Å²) in [5.74, 6) is 2.49. The molecule has 0 aromatic rings. The summed E-state index contributed by atoms with van der Waals surface area (Å²) in [5, 5.41) is 3.50. The predicted octanol–water partition coefficient (Wildman–Crippen LogP) is 2.02. The van der Waals surface area contributed by atoms with Crippen LogP contribution in [-0.4, -0.2) is 37.0 Å². The number of carbonyl (C=O) groups excluding carboxylic acids is 1. The van der Waals surface area contributed by atoms with E-state index in [1.54, 1.807) is 0 Å². The van der Waals surface area contributed by atoms with Gasteiger partial charge in [0.1, 0.15) is 0 Å². The topological polar surface area (TPSA) is 32.3 Å². The van der Waals surface area contributed by atoms with E-state index in [0.717, 1.165) is 37.8 Å². The number of nitrogens with zero attached hydrogens (tertiary/aromatic N) is 1. The second-order valence-electron chi connectivity index (χ2n) is 6.42. The molecule has 1 aliphatic carbocycles. The quantitative estimate of drug-likeness (QED) is 0.772. The molecule has 2 aliphatic heterocycles. The lowest BCUT2D eigenvalue weighted by Gasteiger charge is -2.28. The molecular weight excluding hydrogens is 224 g/mol. The molecule has 0 bridgehead atoms. The van der Waals surface area contributed by atoms with E-state index in [2.05, 4.69) is 10.2 Å². The standard InChI is InChI=1S/C15H26N2O/c18-15(12-4-2-1-3-5-12)17-8-6-13-10-16-11-14(13)7-9-17/h12-14,16H,1-11H2/t13-,14+. The van der Waals surface area contributed by atoms with E-state index in [-0.39, 0.29) is 0 Å². The molecule has 0 spiro atoms. The number of hydrogen-bond donors (Lipinski definition) is 1. The summed E-state index contributed by atoms with van der Waals surface area (Å²) in [4.78, 5) is 14.7. The average molecular weight is 250 g/mol. The minimum absolute atomic E-state index is 0.356. The van der Waals surface area contributed by atoms with Gasteiger partial charge < -0.3 is 10.2 Å². The summed E-state index contributed by atoms with van der Waals surface area (Å²) in [6.07, 6.45) is 8.58. The van der Waals surface area contributed by atoms with E-state index in [9.17, 15) is 4.79 Å². The molecule has 1 saturated carbocycles. The van der Waals surface area contributed by atoms with Gasteiger partial charge in [0, 0.05) is 19.0 Å². The summed E-state index contributed by atoms with van der Waals surface area (Å²) >= 11 is 0. The Hall–Kier alpha value is -0.570. The van der Waals surface area contributed by atoms with Gasteiger partial charge in [0.25, 0.3) is 0 Å². The maximum absolute atomic E-state index is 12.5. The van der Waals surface area contributed by atoms with Crippen LogP contribution in [0.4, 0.5) is 0 Å². The fourth-order valence-corrected chi connectivity index (χ4v) is 4.05. The fourth-order valence-electron chi connectivity index (χ4n) is 4.05. The monoisotopic (exact) mass is 250 g/mol. The van der Waals surface area contributed by atoms with Crippen LogP contribution in [0.2, 0.25) is 0 Å². The van der Waals surface area contributed by atoms with Crippen LogP contribution < -0.4 is 5.32 Å². The molecule has 2 heterocycles. The first-order valence-corrected chi connectivity index (χ1v) is 7.84. The van der Waals surface area contributed by atoms with E-state index in [1.807, 2.05) is 0 Å². The van der Waals surface area contributed by atoms with Crippen molar-refractivity contribution >= 4 is 5.91 Å². The number of hydrogen-bond acceptors (Lipinski definition) is 2. The van der Waals surface area contributed by atoms with Gasteiger partial charge in [0.2, 0.25) is 5.91 Å². The third kappa shape index (κ3) is 2.56. The molecule has 1 N–H and O–H groups in total. The van der Waals surface area contributed by atoms with Gasteiger partial charge in [-0.15, -0.1) is 0 Å². The van der Waals surface area contributed by atoms with Crippen LogP contribution in [0, 0.1) is 17.8 Å². The summed E-state index contributed by atoms with van der Waals surface area (Å²) < 4.78 is 0. The van der Waals surface area contributed by atoms with Gasteiger partial charge >= 0.3 is 0 Å². The molecule has 18 heavy (non-hydrogen) atoms. The zero-order chi connectivity index (χ0) is 12.4. The van der Waals surface area contributed by atoms with Gasteiger partial charge in [0.15, 0.2) is 0 Å². The van der Waals surface area contributed by atoms with Crippen molar-refractivity contribution < 1.29 is 4.79 Å². The largest absolute Gasteiger partial charge is 0.342 e. The highest BCUT2D eigenvalue weighted by Gasteiger charge is 2.33. The van der Waals surface area contributed by atoms with Crippen LogP contribution in [0.1, 0.15) is 44.9 Å². The summed E-state index contributed by atoms with van der Waals surface area (Å²) in [7, 11) is 0. The lowest BCUT2D eigenvalue weighted by Crippen LogP contribution is -2.38. The zero-order valence-corrected chi connectivity index (χ0v) is 11.4. The third-order valence-corrected chi connectivity index (χ3v) is 5.29. The summed E-state index contributed by atoms with van der Waals surface area (Å²) in [6.45, 7) is 4.38. The molecular formula is C15H26N2O. The van der Waals surface area contributed by atoms with Crippen molar-refractivity contribution in [3.05, 3.63) is 0 Å². The Morgan fingerprint density at radius 3 is 2.11 bits per heavy atom. The van der Waals surface area contributed by atoms with E-state index in [1.165, 1.54) is 45.2 Å². The molecule has 2 atom stereocenters. The van der Waals surface area contributed by atoms with Gasteiger partial charge in [-0.05, 0) is 50.6 Å². The minimum Gasteiger partial charge on any atom is -0.342 e. The normalized spacial score (nSPS) is 34.1. The van der Waals surface area contributed by atoms with Gasteiger partial charge in [0.05, 0.1) is 0 Å². The Labute approximate surface area is 110 Å². The average Bonchev–Trinajstić information content (AvgIpc) is 2.78.